The van der Waals surface area contributed by atoms with E-state index in [4.69, 9.17) is 0 Å². The average Bonchev–Trinajstić information content (AvgIpc) is 2.55. The van der Waals surface area contributed by atoms with Gasteiger partial charge in [0.1, 0.15) is 0 Å². The summed E-state index contributed by atoms with van der Waals surface area (Å²) >= 11 is 0. The van der Waals surface area contributed by atoms with Gasteiger partial charge in [0, 0.05) is 13.1 Å². The van der Waals surface area contributed by atoms with E-state index in [9.17, 15) is 9.90 Å². The average molecular weight is 298 g/mol. The first-order valence-electron chi connectivity index (χ1n) is 7.31. The standard InChI is InChI=1S/C18H22N2O2/c1-20(2)14-13-19-17(21)18(22,15-9-5-3-6-10-15)16-11-7-4-8-12-16/h3-12,22H,13-14H2,1-2H3,(H,19,21). The molecule has 0 saturated heterocycles. The number of rotatable bonds is 6. The molecule has 116 valence electrons. The quantitative estimate of drug-likeness (QED) is 0.852. The summed E-state index contributed by atoms with van der Waals surface area (Å²) in [6.07, 6.45) is 0. The molecule has 0 atom stereocenters. The third-order valence-electron chi connectivity index (χ3n) is 3.56. The van der Waals surface area contributed by atoms with E-state index in [2.05, 4.69) is 5.32 Å². The molecule has 0 bridgehead atoms. The normalized spacial score (nSPS) is 11.5. The van der Waals surface area contributed by atoms with Crippen molar-refractivity contribution in [1.29, 1.82) is 0 Å². The van der Waals surface area contributed by atoms with Crippen molar-refractivity contribution in [2.24, 2.45) is 0 Å². The number of aliphatic hydroxyl groups is 1. The van der Waals surface area contributed by atoms with Crippen LogP contribution in [-0.2, 0) is 10.4 Å². The Morgan fingerprint density at radius 1 is 1.00 bits per heavy atom. The van der Waals surface area contributed by atoms with E-state index in [1.807, 2.05) is 55.4 Å². The van der Waals surface area contributed by atoms with Gasteiger partial charge in [0.2, 0.25) is 0 Å². The minimum absolute atomic E-state index is 0.410. The van der Waals surface area contributed by atoms with Crippen molar-refractivity contribution < 1.29 is 9.90 Å². The molecule has 4 heteroatoms. The highest BCUT2D eigenvalue weighted by Gasteiger charge is 2.39. The van der Waals surface area contributed by atoms with E-state index in [-0.39, 0.29) is 0 Å². The smallest absolute Gasteiger partial charge is 0.261 e. The molecule has 2 aromatic rings. The maximum atomic E-state index is 12.7. The summed E-state index contributed by atoms with van der Waals surface area (Å²) in [5.74, 6) is -0.410. The van der Waals surface area contributed by atoms with Crippen LogP contribution in [0.2, 0.25) is 0 Å². The van der Waals surface area contributed by atoms with Crippen molar-refractivity contribution in [3.8, 4) is 0 Å². The molecule has 0 saturated carbocycles. The van der Waals surface area contributed by atoms with Crippen LogP contribution < -0.4 is 5.32 Å². The third kappa shape index (κ3) is 3.53. The summed E-state index contributed by atoms with van der Waals surface area (Å²) in [5.41, 5.74) is -0.568. The fraction of sp³-hybridized carbons (Fsp3) is 0.278. The van der Waals surface area contributed by atoms with Crippen molar-refractivity contribution in [3.63, 3.8) is 0 Å². The molecular weight excluding hydrogens is 276 g/mol. The molecule has 0 spiro atoms. The fourth-order valence-corrected chi connectivity index (χ4v) is 2.31. The number of likely N-dealkylation sites (N-methyl/N-ethyl adjacent to an activating group) is 1. The number of nitrogens with one attached hydrogen (secondary N) is 1. The molecule has 0 fully saturated rings. The first-order chi connectivity index (χ1) is 10.5. The van der Waals surface area contributed by atoms with Gasteiger partial charge in [0.05, 0.1) is 0 Å². The Kier molecular flexibility index (Phi) is 5.31. The first kappa shape index (κ1) is 16.2. The molecule has 0 aliphatic rings. The lowest BCUT2D eigenvalue weighted by atomic mass is 9.85. The molecule has 0 aliphatic heterocycles. The maximum Gasteiger partial charge on any atom is 0.261 e. The number of hydrogen-bond acceptors (Lipinski definition) is 3. The molecular formula is C18H22N2O2. The lowest BCUT2D eigenvalue weighted by Crippen LogP contribution is -2.47. The largest absolute Gasteiger partial charge is 0.372 e. The number of hydrogen-bond donors (Lipinski definition) is 2. The number of benzene rings is 2. The molecule has 0 unspecified atom stereocenters. The minimum atomic E-state index is -1.69. The van der Waals surface area contributed by atoms with Gasteiger partial charge >= 0.3 is 0 Å². The second-order valence-electron chi connectivity index (χ2n) is 5.50. The first-order valence-corrected chi connectivity index (χ1v) is 7.31. The van der Waals surface area contributed by atoms with Crippen LogP contribution in [0.5, 0.6) is 0 Å². The van der Waals surface area contributed by atoms with Gasteiger partial charge < -0.3 is 15.3 Å². The van der Waals surface area contributed by atoms with Crippen LogP contribution in [0, 0.1) is 0 Å². The predicted molar refractivity (Wildman–Crippen MR) is 87.4 cm³/mol. The number of amides is 1. The molecule has 0 radical (unpaired) electrons. The molecule has 2 aromatic carbocycles. The Labute approximate surface area is 131 Å². The molecule has 0 aromatic heterocycles. The Bertz CT molecular complexity index is 557. The molecule has 4 nitrogen and oxygen atoms in total. The fourth-order valence-electron chi connectivity index (χ4n) is 2.31. The Morgan fingerprint density at radius 3 is 1.86 bits per heavy atom. The highest BCUT2D eigenvalue weighted by molar-refractivity contribution is 5.90. The molecule has 2 rings (SSSR count). The lowest BCUT2D eigenvalue weighted by Gasteiger charge is -2.28. The molecule has 0 aliphatic carbocycles. The third-order valence-corrected chi connectivity index (χ3v) is 3.56. The predicted octanol–water partition coefficient (Wildman–Crippen LogP) is 1.60. The summed E-state index contributed by atoms with van der Waals surface area (Å²) in [6.45, 7) is 1.19. The zero-order valence-electron chi connectivity index (χ0n) is 13.0. The molecule has 2 N–H and O–H groups in total. The zero-order valence-corrected chi connectivity index (χ0v) is 13.0. The van der Waals surface area contributed by atoms with Gasteiger partial charge in [-0.15, -0.1) is 0 Å². The van der Waals surface area contributed by atoms with Gasteiger partial charge in [-0.2, -0.15) is 0 Å². The van der Waals surface area contributed by atoms with Crippen LogP contribution in [0.4, 0.5) is 0 Å². The molecule has 1 amide bonds. The van der Waals surface area contributed by atoms with E-state index in [1.165, 1.54) is 0 Å². The lowest BCUT2D eigenvalue weighted by molar-refractivity contribution is -0.136. The Morgan fingerprint density at radius 2 is 1.45 bits per heavy atom. The van der Waals surface area contributed by atoms with Crippen LogP contribution in [0.3, 0.4) is 0 Å². The van der Waals surface area contributed by atoms with Crippen LogP contribution >= 0.6 is 0 Å². The van der Waals surface area contributed by atoms with Gasteiger partial charge in [0.15, 0.2) is 5.60 Å². The summed E-state index contributed by atoms with van der Waals surface area (Å²) in [6, 6.07) is 18.0. The van der Waals surface area contributed by atoms with E-state index in [1.54, 1.807) is 24.3 Å². The number of nitrogens with zero attached hydrogens (tertiary/aromatic N) is 1. The minimum Gasteiger partial charge on any atom is -0.372 e. The second kappa shape index (κ2) is 7.20. The van der Waals surface area contributed by atoms with Crippen LogP contribution in [0.25, 0.3) is 0 Å². The van der Waals surface area contributed by atoms with Gasteiger partial charge in [-0.1, -0.05) is 60.7 Å². The van der Waals surface area contributed by atoms with Crippen molar-refractivity contribution in [3.05, 3.63) is 71.8 Å². The van der Waals surface area contributed by atoms with Crippen molar-refractivity contribution >= 4 is 5.91 Å². The van der Waals surface area contributed by atoms with E-state index in [0.29, 0.717) is 24.2 Å². The summed E-state index contributed by atoms with van der Waals surface area (Å²) in [4.78, 5) is 14.6. The summed E-state index contributed by atoms with van der Waals surface area (Å²) in [7, 11) is 3.87. The highest BCUT2D eigenvalue weighted by atomic mass is 16.3. The highest BCUT2D eigenvalue weighted by Crippen LogP contribution is 2.29. The van der Waals surface area contributed by atoms with Gasteiger partial charge in [-0.05, 0) is 25.2 Å². The number of carbonyl (C=O) groups excluding carboxylic acids is 1. The monoisotopic (exact) mass is 298 g/mol. The van der Waals surface area contributed by atoms with E-state index >= 15 is 0 Å². The molecule has 0 heterocycles. The van der Waals surface area contributed by atoms with Crippen molar-refractivity contribution in [2.45, 2.75) is 5.60 Å². The van der Waals surface area contributed by atoms with Crippen LogP contribution in [0.15, 0.2) is 60.7 Å². The number of carbonyl (C=O) groups is 1. The van der Waals surface area contributed by atoms with Gasteiger partial charge in [-0.25, -0.2) is 0 Å². The molecule has 22 heavy (non-hydrogen) atoms. The summed E-state index contributed by atoms with van der Waals surface area (Å²) in [5, 5.41) is 14.0. The Balaban J connectivity index is 2.32. The van der Waals surface area contributed by atoms with Gasteiger partial charge in [-0.3, -0.25) is 4.79 Å². The second-order valence-corrected chi connectivity index (χ2v) is 5.50. The topological polar surface area (TPSA) is 52.6 Å². The van der Waals surface area contributed by atoms with E-state index < -0.39 is 11.5 Å². The van der Waals surface area contributed by atoms with Crippen LogP contribution in [0.1, 0.15) is 11.1 Å². The van der Waals surface area contributed by atoms with Crippen LogP contribution in [-0.4, -0.2) is 43.1 Å². The van der Waals surface area contributed by atoms with Gasteiger partial charge in [0.25, 0.3) is 5.91 Å². The SMILES string of the molecule is CN(C)CCNC(=O)C(O)(c1ccccc1)c1ccccc1. The Hall–Kier alpha value is -2.17. The maximum absolute atomic E-state index is 12.7. The van der Waals surface area contributed by atoms with E-state index in [0.717, 1.165) is 0 Å². The van der Waals surface area contributed by atoms with Crippen molar-refractivity contribution in [2.75, 3.05) is 27.2 Å². The van der Waals surface area contributed by atoms with Crippen molar-refractivity contribution in [1.82, 2.24) is 10.2 Å². The summed E-state index contributed by atoms with van der Waals surface area (Å²) < 4.78 is 0. The zero-order chi connectivity index (χ0) is 16.0.